The molecule has 18 heavy (non-hydrogen) atoms. The number of nitrogen functional groups attached to an aromatic ring is 1. The monoisotopic (exact) mass is 272 g/mol. The number of anilines is 1. The lowest BCUT2D eigenvalue weighted by molar-refractivity contribution is 0.270. The Hall–Kier alpha value is -1.14. The maximum absolute atomic E-state index is 13.2. The fraction of sp³-hybridized carbons (Fsp3) is 0.500. The van der Waals surface area contributed by atoms with Crippen LogP contribution in [0.2, 0.25) is 0 Å². The second-order valence-electron chi connectivity index (χ2n) is 5.03. The largest absolute Gasteiger partial charge is 0.396 e. The Kier molecular flexibility index (Phi) is 3.33. The molecule has 0 bridgehead atoms. The Labute approximate surface area is 106 Å². The van der Waals surface area contributed by atoms with Crippen LogP contribution in [-0.2, 0) is 10.0 Å². The standard InChI is InChI=1S/C12H17FN2O2S/c1-7-3-9(4-7)15-18(16,17)12-6-11(14)10(13)5-8(12)2/h5-7,9,15H,3-4,14H2,1-2H3. The van der Waals surface area contributed by atoms with E-state index in [9.17, 15) is 12.8 Å². The highest BCUT2D eigenvalue weighted by Gasteiger charge is 2.30. The molecule has 2 rings (SSSR count). The molecule has 1 saturated carbocycles. The smallest absolute Gasteiger partial charge is 0.241 e. The lowest BCUT2D eigenvalue weighted by atomic mass is 9.83. The van der Waals surface area contributed by atoms with E-state index in [1.807, 2.05) is 0 Å². The van der Waals surface area contributed by atoms with Gasteiger partial charge in [-0.2, -0.15) is 0 Å². The van der Waals surface area contributed by atoms with Gasteiger partial charge in [-0.3, -0.25) is 0 Å². The summed E-state index contributed by atoms with van der Waals surface area (Å²) < 4.78 is 40.1. The van der Waals surface area contributed by atoms with Gasteiger partial charge in [-0.1, -0.05) is 6.92 Å². The zero-order chi connectivity index (χ0) is 13.5. The Balaban J connectivity index is 2.27. The average Bonchev–Trinajstić information content (AvgIpc) is 2.20. The second-order valence-corrected chi connectivity index (χ2v) is 6.72. The van der Waals surface area contributed by atoms with Crippen LogP contribution in [0.15, 0.2) is 17.0 Å². The lowest BCUT2D eigenvalue weighted by Crippen LogP contribution is -2.43. The van der Waals surface area contributed by atoms with Crippen molar-refractivity contribution in [1.82, 2.24) is 4.72 Å². The van der Waals surface area contributed by atoms with E-state index < -0.39 is 15.8 Å². The number of nitrogens with two attached hydrogens (primary N) is 1. The third-order valence-corrected chi connectivity index (χ3v) is 4.94. The minimum absolute atomic E-state index is 0.0179. The van der Waals surface area contributed by atoms with Gasteiger partial charge in [0.15, 0.2) is 0 Å². The topological polar surface area (TPSA) is 72.2 Å². The molecule has 4 nitrogen and oxygen atoms in total. The van der Waals surface area contributed by atoms with Crippen LogP contribution in [0.3, 0.4) is 0 Å². The molecule has 1 aromatic rings. The van der Waals surface area contributed by atoms with E-state index in [0.717, 1.165) is 18.9 Å². The zero-order valence-corrected chi connectivity index (χ0v) is 11.2. The molecule has 0 unspecified atom stereocenters. The fourth-order valence-corrected chi connectivity index (χ4v) is 3.76. The van der Waals surface area contributed by atoms with Crippen molar-refractivity contribution in [2.75, 3.05) is 5.73 Å². The van der Waals surface area contributed by atoms with Crippen LogP contribution in [-0.4, -0.2) is 14.5 Å². The quantitative estimate of drug-likeness (QED) is 0.824. The van der Waals surface area contributed by atoms with Crippen LogP contribution >= 0.6 is 0 Å². The molecule has 0 aliphatic heterocycles. The van der Waals surface area contributed by atoms with Gasteiger partial charge in [0.1, 0.15) is 5.82 Å². The number of hydrogen-bond donors (Lipinski definition) is 2. The van der Waals surface area contributed by atoms with Gasteiger partial charge in [-0.15, -0.1) is 0 Å². The summed E-state index contributed by atoms with van der Waals surface area (Å²) in [6.45, 7) is 3.63. The van der Waals surface area contributed by atoms with Gasteiger partial charge in [-0.05, 0) is 43.4 Å². The molecule has 100 valence electrons. The van der Waals surface area contributed by atoms with Gasteiger partial charge in [-0.25, -0.2) is 17.5 Å². The molecule has 1 fully saturated rings. The lowest BCUT2D eigenvalue weighted by Gasteiger charge is -2.33. The molecule has 3 N–H and O–H groups in total. The Morgan fingerprint density at radius 1 is 1.39 bits per heavy atom. The molecular formula is C12H17FN2O2S. The van der Waals surface area contributed by atoms with Crippen molar-refractivity contribution in [3.8, 4) is 0 Å². The van der Waals surface area contributed by atoms with Crippen LogP contribution < -0.4 is 10.5 Å². The van der Waals surface area contributed by atoms with Crippen molar-refractivity contribution in [3.63, 3.8) is 0 Å². The Morgan fingerprint density at radius 3 is 2.56 bits per heavy atom. The highest BCUT2D eigenvalue weighted by atomic mass is 32.2. The van der Waals surface area contributed by atoms with Crippen molar-refractivity contribution in [2.45, 2.75) is 37.6 Å². The van der Waals surface area contributed by atoms with E-state index in [1.54, 1.807) is 6.92 Å². The molecule has 1 aromatic carbocycles. The number of hydrogen-bond acceptors (Lipinski definition) is 3. The molecule has 0 amide bonds. The van der Waals surface area contributed by atoms with Gasteiger partial charge in [0.05, 0.1) is 10.6 Å². The first-order valence-corrected chi connectivity index (χ1v) is 7.36. The Morgan fingerprint density at radius 2 is 2.00 bits per heavy atom. The average molecular weight is 272 g/mol. The Bertz CT molecular complexity index is 566. The van der Waals surface area contributed by atoms with E-state index in [4.69, 9.17) is 5.73 Å². The summed E-state index contributed by atoms with van der Waals surface area (Å²) >= 11 is 0. The third-order valence-electron chi connectivity index (χ3n) is 3.28. The van der Waals surface area contributed by atoms with Gasteiger partial charge < -0.3 is 5.73 Å². The zero-order valence-electron chi connectivity index (χ0n) is 10.4. The summed E-state index contributed by atoms with van der Waals surface area (Å²) in [6, 6.07) is 2.30. The normalized spacial score (nSPS) is 23.7. The van der Waals surface area contributed by atoms with Gasteiger partial charge in [0, 0.05) is 6.04 Å². The number of aryl methyl sites for hydroxylation is 1. The van der Waals surface area contributed by atoms with E-state index in [-0.39, 0.29) is 16.6 Å². The van der Waals surface area contributed by atoms with Crippen LogP contribution in [0.5, 0.6) is 0 Å². The van der Waals surface area contributed by atoms with Gasteiger partial charge in [0.2, 0.25) is 10.0 Å². The van der Waals surface area contributed by atoms with Crippen LogP contribution in [0.1, 0.15) is 25.3 Å². The summed E-state index contributed by atoms with van der Waals surface area (Å²) in [5.41, 5.74) is 5.63. The number of nitrogens with one attached hydrogen (secondary N) is 1. The molecule has 1 aliphatic rings. The molecule has 0 aromatic heterocycles. The number of benzene rings is 1. The highest BCUT2D eigenvalue weighted by Crippen LogP contribution is 2.29. The molecule has 0 heterocycles. The van der Waals surface area contributed by atoms with Gasteiger partial charge in [0.25, 0.3) is 0 Å². The summed E-state index contributed by atoms with van der Waals surface area (Å²) in [5.74, 6) is -0.0409. The minimum atomic E-state index is -3.61. The van der Waals surface area contributed by atoms with Crippen molar-refractivity contribution >= 4 is 15.7 Å². The highest BCUT2D eigenvalue weighted by molar-refractivity contribution is 7.89. The summed E-state index contributed by atoms with van der Waals surface area (Å²) in [7, 11) is -3.61. The molecule has 1 aliphatic carbocycles. The predicted octanol–water partition coefficient (Wildman–Crippen LogP) is 1.79. The molecule has 6 heteroatoms. The maximum Gasteiger partial charge on any atom is 0.241 e. The number of sulfonamides is 1. The number of halogens is 1. The minimum Gasteiger partial charge on any atom is -0.396 e. The molecule has 0 atom stereocenters. The maximum atomic E-state index is 13.2. The van der Waals surface area contributed by atoms with Gasteiger partial charge >= 0.3 is 0 Å². The first-order valence-electron chi connectivity index (χ1n) is 5.87. The fourth-order valence-electron chi connectivity index (χ4n) is 2.24. The van der Waals surface area contributed by atoms with Crippen molar-refractivity contribution in [1.29, 1.82) is 0 Å². The molecule has 0 saturated heterocycles. The first kappa shape index (κ1) is 13.3. The van der Waals surface area contributed by atoms with E-state index in [1.165, 1.54) is 6.07 Å². The summed E-state index contributed by atoms with van der Waals surface area (Å²) in [5, 5.41) is 0. The third kappa shape index (κ3) is 2.49. The van der Waals surface area contributed by atoms with Crippen LogP contribution in [0.25, 0.3) is 0 Å². The van der Waals surface area contributed by atoms with Crippen molar-refractivity contribution < 1.29 is 12.8 Å². The SMILES string of the molecule is Cc1cc(F)c(N)cc1S(=O)(=O)NC1CC(C)C1. The van der Waals surface area contributed by atoms with Crippen LogP contribution in [0.4, 0.5) is 10.1 Å². The van der Waals surface area contributed by atoms with Crippen LogP contribution in [0, 0.1) is 18.7 Å². The van der Waals surface area contributed by atoms with Crippen molar-refractivity contribution in [2.24, 2.45) is 5.92 Å². The predicted molar refractivity (Wildman–Crippen MR) is 68.1 cm³/mol. The van der Waals surface area contributed by atoms with E-state index in [0.29, 0.717) is 11.5 Å². The number of rotatable bonds is 3. The molecule has 0 radical (unpaired) electrons. The first-order chi connectivity index (χ1) is 8.29. The summed E-state index contributed by atoms with van der Waals surface area (Å²) in [6.07, 6.45) is 1.68. The van der Waals surface area contributed by atoms with Crippen molar-refractivity contribution in [3.05, 3.63) is 23.5 Å². The summed E-state index contributed by atoms with van der Waals surface area (Å²) in [4.78, 5) is 0.0564. The molecule has 0 spiro atoms. The van der Waals surface area contributed by atoms with E-state index in [2.05, 4.69) is 11.6 Å². The van der Waals surface area contributed by atoms with E-state index >= 15 is 0 Å². The molecular weight excluding hydrogens is 255 g/mol. The second kappa shape index (κ2) is 4.51.